The number of rotatable bonds is 7. The smallest absolute Gasteiger partial charge is 0.255 e. The van der Waals surface area contributed by atoms with Crippen LogP contribution in [-0.4, -0.2) is 41.8 Å². The summed E-state index contributed by atoms with van der Waals surface area (Å²) < 4.78 is 0. The predicted molar refractivity (Wildman–Crippen MR) is 104 cm³/mol. The van der Waals surface area contributed by atoms with Gasteiger partial charge in [-0.25, -0.2) is 0 Å². The van der Waals surface area contributed by atoms with Crippen LogP contribution in [0.5, 0.6) is 0 Å². The minimum Gasteiger partial charge on any atom is -0.330 e. The zero-order chi connectivity index (χ0) is 19.7. The molecule has 1 atom stereocenters. The SMILES string of the molecule is NCC1(CCNCc2cccc3c2C(=O)N(C2CCC(=O)NC2=O)C3)CCC1. The molecule has 1 saturated carbocycles. The topological polar surface area (TPSA) is 105 Å². The van der Waals surface area contributed by atoms with E-state index in [0.29, 0.717) is 30.5 Å². The number of hydrogen-bond donors (Lipinski definition) is 3. The average Bonchev–Trinajstić information content (AvgIpc) is 2.98. The monoisotopic (exact) mass is 384 g/mol. The van der Waals surface area contributed by atoms with Crippen LogP contribution in [0.1, 0.15) is 60.0 Å². The van der Waals surface area contributed by atoms with Gasteiger partial charge in [0.05, 0.1) is 0 Å². The summed E-state index contributed by atoms with van der Waals surface area (Å²) in [7, 11) is 0. The van der Waals surface area contributed by atoms with Crippen molar-refractivity contribution in [2.75, 3.05) is 13.1 Å². The third-order valence-electron chi connectivity index (χ3n) is 6.63. The minimum absolute atomic E-state index is 0.112. The molecular formula is C21H28N4O3. The highest BCUT2D eigenvalue weighted by molar-refractivity contribution is 6.05. The molecule has 0 bridgehead atoms. The summed E-state index contributed by atoms with van der Waals surface area (Å²) in [6.07, 6.45) is 5.42. The van der Waals surface area contributed by atoms with Crippen LogP contribution in [0.2, 0.25) is 0 Å². The van der Waals surface area contributed by atoms with Crippen LogP contribution >= 0.6 is 0 Å². The zero-order valence-electron chi connectivity index (χ0n) is 16.1. The first-order valence-corrected chi connectivity index (χ1v) is 10.2. The summed E-state index contributed by atoms with van der Waals surface area (Å²) in [5.74, 6) is -0.749. The Morgan fingerprint density at radius 3 is 2.75 bits per heavy atom. The second kappa shape index (κ2) is 7.64. The number of fused-ring (bicyclic) bond motifs is 1. The Labute approximate surface area is 165 Å². The summed E-state index contributed by atoms with van der Waals surface area (Å²) in [4.78, 5) is 38.3. The maximum atomic E-state index is 13.1. The molecule has 1 aromatic carbocycles. The summed E-state index contributed by atoms with van der Waals surface area (Å²) in [6.45, 7) is 2.67. The first-order chi connectivity index (χ1) is 13.5. The second-order valence-corrected chi connectivity index (χ2v) is 8.34. The molecule has 7 nitrogen and oxygen atoms in total. The molecule has 0 spiro atoms. The molecule has 7 heteroatoms. The number of hydrogen-bond acceptors (Lipinski definition) is 5. The van der Waals surface area contributed by atoms with Crippen molar-refractivity contribution in [3.05, 3.63) is 34.9 Å². The van der Waals surface area contributed by atoms with Crippen molar-refractivity contribution >= 4 is 17.7 Å². The number of amides is 3. The molecular weight excluding hydrogens is 356 g/mol. The van der Waals surface area contributed by atoms with Crippen molar-refractivity contribution in [3.63, 3.8) is 0 Å². The van der Waals surface area contributed by atoms with E-state index < -0.39 is 6.04 Å². The lowest BCUT2D eigenvalue weighted by Crippen LogP contribution is -2.52. The molecule has 3 aliphatic rings. The number of benzene rings is 1. The first-order valence-electron chi connectivity index (χ1n) is 10.2. The summed E-state index contributed by atoms with van der Waals surface area (Å²) in [6, 6.07) is 5.31. The molecule has 28 heavy (non-hydrogen) atoms. The Kier molecular flexibility index (Phi) is 5.21. The second-order valence-electron chi connectivity index (χ2n) is 8.34. The van der Waals surface area contributed by atoms with Gasteiger partial charge in [0.15, 0.2) is 0 Å². The van der Waals surface area contributed by atoms with E-state index in [-0.39, 0.29) is 24.1 Å². The van der Waals surface area contributed by atoms with Crippen LogP contribution in [-0.2, 0) is 22.7 Å². The number of piperidine rings is 1. The molecule has 1 saturated heterocycles. The Bertz CT molecular complexity index is 797. The van der Waals surface area contributed by atoms with E-state index in [2.05, 4.69) is 10.6 Å². The van der Waals surface area contributed by atoms with Gasteiger partial charge in [-0.05, 0) is 55.3 Å². The number of nitrogens with zero attached hydrogens (tertiary/aromatic N) is 1. The fourth-order valence-corrected chi connectivity index (χ4v) is 4.65. The number of nitrogens with one attached hydrogen (secondary N) is 2. The van der Waals surface area contributed by atoms with E-state index >= 15 is 0 Å². The molecule has 1 unspecified atom stereocenters. The Balaban J connectivity index is 1.40. The lowest BCUT2D eigenvalue weighted by atomic mass is 9.67. The van der Waals surface area contributed by atoms with Gasteiger partial charge in [-0.2, -0.15) is 0 Å². The van der Waals surface area contributed by atoms with Gasteiger partial charge in [0.2, 0.25) is 11.8 Å². The van der Waals surface area contributed by atoms with E-state index in [0.717, 1.165) is 30.6 Å². The van der Waals surface area contributed by atoms with Gasteiger partial charge in [0.1, 0.15) is 6.04 Å². The maximum absolute atomic E-state index is 13.1. The normalized spacial score (nSPS) is 23.4. The van der Waals surface area contributed by atoms with Crippen LogP contribution in [0.4, 0.5) is 0 Å². The molecule has 0 aromatic heterocycles. The van der Waals surface area contributed by atoms with Crippen molar-refractivity contribution in [2.24, 2.45) is 11.1 Å². The van der Waals surface area contributed by atoms with Crippen molar-refractivity contribution in [3.8, 4) is 0 Å². The van der Waals surface area contributed by atoms with Crippen LogP contribution in [0, 0.1) is 5.41 Å². The molecule has 150 valence electrons. The van der Waals surface area contributed by atoms with Crippen LogP contribution in [0.25, 0.3) is 0 Å². The maximum Gasteiger partial charge on any atom is 0.255 e. The van der Waals surface area contributed by atoms with E-state index in [4.69, 9.17) is 5.73 Å². The third kappa shape index (κ3) is 3.44. The fourth-order valence-electron chi connectivity index (χ4n) is 4.65. The molecule has 4 N–H and O–H groups in total. The van der Waals surface area contributed by atoms with Gasteiger partial charge in [0, 0.05) is 25.1 Å². The van der Waals surface area contributed by atoms with Gasteiger partial charge in [-0.1, -0.05) is 24.6 Å². The molecule has 2 aliphatic heterocycles. The molecule has 1 aliphatic carbocycles. The summed E-state index contributed by atoms with van der Waals surface area (Å²) in [5.41, 5.74) is 8.86. The molecule has 2 heterocycles. The van der Waals surface area contributed by atoms with Gasteiger partial charge in [-0.3, -0.25) is 19.7 Å². The van der Waals surface area contributed by atoms with E-state index in [1.54, 1.807) is 4.90 Å². The van der Waals surface area contributed by atoms with E-state index in [1.165, 1.54) is 19.3 Å². The largest absolute Gasteiger partial charge is 0.330 e. The van der Waals surface area contributed by atoms with Gasteiger partial charge < -0.3 is 16.0 Å². The third-order valence-corrected chi connectivity index (χ3v) is 6.63. The quantitative estimate of drug-likeness (QED) is 0.482. The van der Waals surface area contributed by atoms with E-state index in [9.17, 15) is 14.4 Å². The molecule has 3 amide bonds. The average molecular weight is 384 g/mol. The van der Waals surface area contributed by atoms with Crippen molar-refractivity contribution < 1.29 is 14.4 Å². The molecule has 4 rings (SSSR count). The lowest BCUT2D eigenvalue weighted by molar-refractivity contribution is -0.136. The molecule has 0 radical (unpaired) electrons. The highest BCUT2D eigenvalue weighted by Crippen LogP contribution is 2.42. The first kappa shape index (κ1) is 19.1. The summed E-state index contributed by atoms with van der Waals surface area (Å²) >= 11 is 0. The molecule has 1 aromatic rings. The number of nitrogens with two attached hydrogens (primary N) is 1. The van der Waals surface area contributed by atoms with E-state index in [1.807, 2.05) is 18.2 Å². The number of imide groups is 1. The highest BCUT2D eigenvalue weighted by Gasteiger charge is 2.40. The van der Waals surface area contributed by atoms with Crippen LogP contribution in [0.15, 0.2) is 18.2 Å². The Morgan fingerprint density at radius 1 is 1.25 bits per heavy atom. The predicted octanol–water partition coefficient (Wildman–Crippen LogP) is 1.06. The van der Waals surface area contributed by atoms with Crippen molar-refractivity contribution in [1.82, 2.24) is 15.5 Å². The highest BCUT2D eigenvalue weighted by atomic mass is 16.2. The Hall–Kier alpha value is -2.25. The van der Waals surface area contributed by atoms with Crippen molar-refractivity contribution in [1.29, 1.82) is 0 Å². The zero-order valence-corrected chi connectivity index (χ0v) is 16.1. The van der Waals surface area contributed by atoms with Gasteiger partial charge in [-0.15, -0.1) is 0 Å². The van der Waals surface area contributed by atoms with Crippen molar-refractivity contribution in [2.45, 2.75) is 57.7 Å². The minimum atomic E-state index is -0.568. The fraction of sp³-hybridized carbons (Fsp3) is 0.571. The van der Waals surface area contributed by atoms with Crippen LogP contribution < -0.4 is 16.4 Å². The molecule has 2 fully saturated rings. The van der Waals surface area contributed by atoms with Gasteiger partial charge in [0.25, 0.3) is 5.91 Å². The van der Waals surface area contributed by atoms with Crippen LogP contribution in [0.3, 0.4) is 0 Å². The standard InChI is InChI=1S/C21H28N4O3/c22-13-21(7-2-8-21)9-10-23-11-14-3-1-4-15-12-25(20(28)18(14)15)16-5-6-17(26)24-19(16)27/h1,3-4,16,23H,2,5-13,22H2,(H,24,26,27). The number of carbonyl (C=O) groups is 3. The lowest BCUT2D eigenvalue weighted by Gasteiger charge is -2.41. The Morgan fingerprint density at radius 2 is 2.07 bits per heavy atom. The van der Waals surface area contributed by atoms with Gasteiger partial charge >= 0.3 is 0 Å². The number of carbonyl (C=O) groups excluding carboxylic acids is 3. The summed E-state index contributed by atoms with van der Waals surface area (Å²) in [5, 5.41) is 5.82.